The van der Waals surface area contributed by atoms with Gasteiger partial charge in [-0.25, -0.2) is 0 Å². The third-order valence-electron chi connectivity index (χ3n) is 2.52. The average Bonchev–Trinajstić information content (AvgIpc) is 2.47. The summed E-state index contributed by atoms with van der Waals surface area (Å²) in [4.78, 5) is 0. The minimum absolute atomic E-state index is 0.147. The van der Waals surface area contributed by atoms with E-state index in [1.807, 2.05) is 20.8 Å². The summed E-state index contributed by atoms with van der Waals surface area (Å²) in [6.45, 7) is 5.62. The highest BCUT2D eigenvalue weighted by atomic mass is 16.8. The average molecular weight is 188 g/mol. The summed E-state index contributed by atoms with van der Waals surface area (Å²) in [5, 5.41) is 9.76. The van der Waals surface area contributed by atoms with Crippen molar-refractivity contribution in [2.75, 3.05) is 0 Å². The molecule has 0 aliphatic carbocycles. The van der Waals surface area contributed by atoms with E-state index in [0.717, 1.165) is 6.42 Å². The molecule has 4 atom stereocenters. The van der Waals surface area contributed by atoms with E-state index < -0.39 is 18.2 Å². The van der Waals surface area contributed by atoms with Crippen molar-refractivity contribution in [1.82, 2.24) is 0 Å². The molecule has 0 aromatic carbocycles. The number of aliphatic hydroxyl groups is 1. The molecule has 0 spiro atoms. The summed E-state index contributed by atoms with van der Waals surface area (Å²) in [7, 11) is 0. The summed E-state index contributed by atoms with van der Waals surface area (Å²) in [6, 6.07) is 0. The van der Waals surface area contributed by atoms with Crippen LogP contribution in [0.2, 0.25) is 0 Å². The highest BCUT2D eigenvalue weighted by Gasteiger charge is 2.53. The lowest BCUT2D eigenvalue weighted by molar-refractivity contribution is -0.214. The van der Waals surface area contributed by atoms with Gasteiger partial charge in [0.15, 0.2) is 12.1 Å². The molecule has 0 radical (unpaired) electrons. The summed E-state index contributed by atoms with van der Waals surface area (Å²) < 4.78 is 16.5. The molecule has 2 aliphatic rings. The van der Waals surface area contributed by atoms with Crippen LogP contribution in [0.25, 0.3) is 0 Å². The van der Waals surface area contributed by atoms with Gasteiger partial charge in [-0.2, -0.15) is 0 Å². The molecular weight excluding hydrogens is 172 g/mol. The maximum absolute atomic E-state index is 9.76. The summed E-state index contributed by atoms with van der Waals surface area (Å²) in [5.74, 6) is -0.630. The van der Waals surface area contributed by atoms with Gasteiger partial charge in [-0.05, 0) is 20.3 Å². The Morgan fingerprint density at radius 3 is 2.54 bits per heavy atom. The first-order chi connectivity index (χ1) is 6.03. The smallest absolute Gasteiger partial charge is 0.190 e. The predicted octanol–water partition coefficient (Wildman–Crippen LogP) is 0.634. The maximum Gasteiger partial charge on any atom is 0.190 e. The highest BCUT2D eigenvalue weighted by Crippen LogP contribution is 2.37. The van der Waals surface area contributed by atoms with Crippen LogP contribution in [0.15, 0.2) is 0 Å². The minimum atomic E-state index is -0.630. The Hall–Kier alpha value is -0.160. The lowest BCUT2D eigenvalue weighted by atomic mass is 10.1. The second-order valence-corrected chi connectivity index (χ2v) is 4.04. The molecule has 4 heteroatoms. The number of ether oxygens (including phenoxy) is 3. The Morgan fingerprint density at radius 2 is 2.00 bits per heavy atom. The monoisotopic (exact) mass is 188 g/mol. The van der Waals surface area contributed by atoms with Crippen LogP contribution in [0.4, 0.5) is 0 Å². The van der Waals surface area contributed by atoms with Crippen LogP contribution in [-0.4, -0.2) is 35.5 Å². The van der Waals surface area contributed by atoms with Crippen LogP contribution in [-0.2, 0) is 14.2 Å². The van der Waals surface area contributed by atoms with Gasteiger partial charge in [0.2, 0.25) is 0 Å². The summed E-state index contributed by atoms with van der Waals surface area (Å²) >= 11 is 0. The molecule has 2 aliphatic heterocycles. The summed E-state index contributed by atoms with van der Waals surface area (Å²) in [5.41, 5.74) is 0. The van der Waals surface area contributed by atoms with E-state index in [1.165, 1.54) is 0 Å². The second-order valence-electron chi connectivity index (χ2n) is 4.04. The molecule has 2 saturated heterocycles. The van der Waals surface area contributed by atoms with E-state index in [2.05, 4.69) is 0 Å². The van der Waals surface area contributed by atoms with Crippen molar-refractivity contribution in [2.24, 2.45) is 0 Å². The minimum Gasteiger partial charge on any atom is -0.387 e. The number of fused-ring (bicyclic) bond motifs is 1. The first-order valence-electron chi connectivity index (χ1n) is 4.72. The van der Waals surface area contributed by atoms with Crippen molar-refractivity contribution in [3.8, 4) is 0 Å². The Bertz CT molecular complexity index is 204. The van der Waals surface area contributed by atoms with E-state index in [0.29, 0.717) is 0 Å². The molecule has 2 rings (SSSR count). The number of hydrogen-bond donors (Lipinski definition) is 1. The van der Waals surface area contributed by atoms with Crippen molar-refractivity contribution < 1.29 is 19.3 Å². The molecule has 0 aromatic heterocycles. The van der Waals surface area contributed by atoms with Crippen molar-refractivity contribution >= 4 is 0 Å². The van der Waals surface area contributed by atoms with E-state index in [4.69, 9.17) is 14.2 Å². The largest absolute Gasteiger partial charge is 0.387 e. The van der Waals surface area contributed by atoms with Crippen LogP contribution in [0.3, 0.4) is 0 Å². The van der Waals surface area contributed by atoms with Crippen molar-refractivity contribution in [3.63, 3.8) is 0 Å². The molecule has 0 aromatic rings. The van der Waals surface area contributed by atoms with E-state index in [9.17, 15) is 5.11 Å². The van der Waals surface area contributed by atoms with Gasteiger partial charge < -0.3 is 19.3 Å². The van der Waals surface area contributed by atoms with E-state index in [1.54, 1.807) is 0 Å². The SMILES string of the molecule is CC[C@H]1OC2OC(C)(C)O[C@@H]2[C@H]1O. The van der Waals surface area contributed by atoms with Crippen LogP contribution in [0, 0.1) is 0 Å². The molecule has 76 valence electrons. The molecule has 2 heterocycles. The topological polar surface area (TPSA) is 47.9 Å². The molecule has 0 amide bonds. The number of hydrogen-bond acceptors (Lipinski definition) is 4. The molecule has 1 unspecified atom stereocenters. The lowest BCUT2D eigenvalue weighted by Gasteiger charge is -2.22. The normalized spacial score (nSPS) is 48.0. The van der Waals surface area contributed by atoms with Gasteiger partial charge in [0, 0.05) is 0 Å². The quantitative estimate of drug-likeness (QED) is 0.655. The third kappa shape index (κ3) is 1.48. The molecular formula is C9H16O4. The van der Waals surface area contributed by atoms with Gasteiger partial charge >= 0.3 is 0 Å². The second kappa shape index (κ2) is 2.92. The fraction of sp³-hybridized carbons (Fsp3) is 1.00. The molecule has 2 fully saturated rings. The Balaban J connectivity index is 2.07. The van der Waals surface area contributed by atoms with Crippen molar-refractivity contribution in [1.29, 1.82) is 0 Å². The van der Waals surface area contributed by atoms with Gasteiger partial charge in [0.05, 0.1) is 6.10 Å². The van der Waals surface area contributed by atoms with Crippen molar-refractivity contribution in [3.05, 3.63) is 0 Å². The van der Waals surface area contributed by atoms with Gasteiger partial charge in [0.25, 0.3) is 0 Å². The Morgan fingerprint density at radius 1 is 1.31 bits per heavy atom. The fourth-order valence-electron chi connectivity index (χ4n) is 1.90. The van der Waals surface area contributed by atoms with Crippen molar-refractivity contribution in [2.45, 2.75) is 57.6 Å². The van der Waals surface area contributed by atoms with E-state index in [-0.39, 0.29) is 12.2 Å². The van der Waals surface area contributed by atoms with E-state index >= 15 is 0 Å². The fourth-order valence-corrected chi connectivity index (χ4v) is 1.90. The zero-order chi connectivity index (χ0) is 9.64. The van der Waals surface area contributed by atoms with Gasteiger partial charge in [0.1, 0.15) is 12.2 Å². The molecule has 13 heavy (non-hydrogen) atoms. The van der Waals surface area contributed by atoms with Crippen LogP contribution in [0.5, 0.6) is 0 Å². The first kappa shape index (κ1) is 9.40. The number of aliphatic hydroxyl groups excluding tert-OH is 1. The maximum atomic E-state index is 9.76. The standard InChI is InChI=1S/C9H16O4/c1-4-5-6(10)7-8(11-5)13-9(2,3)12-7/h5-8,10H,4H2,1-3H3/t5-,6+,7-,8?/m1/s1. The van der Waals surface area contributed by atoms with Gasteiger partial charge in [-0.1, -0.05) is 6.92 Å². The Kier molecular flexibility index (Phi) is 2.11. The van der Waals surface area contributed by atoms with Gasteiger partial charge in [-0.3, -0.25) is 0 Å². The van der Waals surface area contributed by atoms with Crippen LogP contribution < -0.4 is 0 Å². The Labute approximate surface area is 77.8 Å². The number of rotatable bonds is 1. The van der Waals surface area contributed by atoms with Gasteiger partial charge in [-0.15, -0.1) is 0 Å². The zero-order valence-electron chi connectivity index (χ0n) is 8.19. The first-order valence-corrected chi connectivity index (χ1v) is 4.72. The third-order valence-corrected chi connectivity index (χ3v) is 2.52. The zero-order valence-corrected chi connectivity index (χ0v) is 8.19. The lowest BCUT2D eigenvalue weighted by Crippen LogP contribution is -2.34. The highest BCUT2D eigenvalue weighted by molar-refractivity contribution is 4.92. The molecule has 0 saturated carbocycles. The van der Waals surface area contributed by atoms with Crippen LogP contribution >= 0.6 is 0 Å². The predicted molar refractivity (Wildman–Crippen MR) is 45.0 cm³/mol. The molecule has 4 nitrogen and oxygen atoms in total. The summed E-state index contributed by atoms with van der Waals surface area (Å²) in [6.07, 6.45) is -0.640. The molecule has 1 N–H and O–H groups in total. The van der Waals surface area contributed by atoms with Crippen LogP contribution in [0.1, 0.15) is 27.2 Å². The molecule has 0 bridgehead atoms.